The van der Waals surface area contributed by atoms with E-state index in [4.69, 9.17) is 0 Å². The molecule has 4 nitrogen and oxygen atoms in total. The van der Waals surface area contributed by atoms with E-state index in [-0.39, 0.29) is 5.91 Å². The highest BCUT2D eigenvalue weighted by molar-refractivity contribution is 5.92. The molecule has 1 amide bonds. The second kappa shape index (κ2) is 8.19. The number of carbonyl (C=O) groups is 1. The van der Waals surface area contributed by atoms with Crippen LogP contribution in [0.15, 0.2) is 54.6 Å². The molecule has 0 aliphatic heterocycles. The van der Waals surface area contributed by atoms with Gasteiger partial charge in [-0.05, 0) is 36.7 Å². The Labute approximate surface area is 125 Å². The van der Waals surface area contributed by atoms with Crippen molar-refractivity contribution < 1.29 is 4.79 Å². The maximum Gasteiger partial charge on any atom is 0.228 e. The Morgan fingerprint density at radius 3 is 2.33 bits per heavy atom. The average Bonchev–Trinajstić information content (AvgIpc) is 2.50. The van der Waals surface area contributed by atoms with E-state index < -0.39 is 0 Å². The first kappa shape index (κ1) is 15.2. The van der Waals surface area contributed by atoms with Gasteiger partial charge in [-0.1, -0.05) is 42.5 Å². The Morgan fingerprint density at radius 1 is 0.952 bits per heavy atom. The van der Waals surface area contributed by atoms with E-state index >= 15 is 0 Å². The Hall–Kier alpha value is -2.17. The zero-order chi connectivity index (χ0) is 14.9. The Bertz CT molecular complexity index is 552. The first-order chi connectivity index (χ1) is 10.3. The minimum Gasteiger partial charge on any atom is -0.326 e. The van der Waals surface area contributed by atoms with E-state index in [1.165, 1.54) is 5.56 Å². The van der Waals surface area contributed by atoms with Crippen molar-refractivity contribution >= 4 is 11.6 Å². The highest BCUT2D eigenvalue weighted by Gasteiger charge is 2.03. The molecule has 2 aromatic rings. The van der Waals surface area contributed by atoms with Crippen molar-refractivity contribution in [3.63, 3.8) is 0 Å². The highest BCUT2D eigenvalue weighted by Crippen LogP contribution is 2.11. The van der Waals surface area contributed by atoms with Gasteiger partial charge in [0.1, 0.15) is 0 Å². The Balaban J connectivity index is 1.83. The summed E-state index contributed by atoms with van der Waals surface area (Å²) in [5, 5.41) is 2.92. The van der Waals surface area contributed by atoms with E-state index in [0.717, 1.165) is 24.2 Å². The lowest BCUT2D eigenvalue weighted by Gasteiger charge is -2.07. The van der Waals surface area contributed by atoms with E-state index in [1.807, 2.05) is 61.6 Å². The van der Waals surface area contributed by atoms with Crippen LogP contribution in [-0.2, 0) is 17.6 Å². The van der Waals surface area contributed by atoms with Crippen LogP contribution in [0.3, 0.4) is 0 Å². The van der Waals surface area contributed by atoms with Gasteiger partial charge in [0.2, 0.25) is 5.91 Å². The second-order valence-electron chi connectivity index (χ2n) is 4.83. The lowest BCUT2D eigenvalue weighted by Crippen LogP contribution is -2.29. The van der Waals surface area contributed by atoms with Gasteiger partial charge in [-0.2, -0.15) is 0 Å². The summed E-state index contributed by atoms with van der Waals surface area (Å²) in [6.07, 6.45) is 1.34. The molecule has 0 atom stereocenters. The third kappa shape index (κ3) is 5.38. The summed E-state index contributed by atoms with van der Waals surface area (Å²) in [6, 6.07) is 17.7. The van der Waals surface area contributed by atoms with Gasteiger partial charge in [-0.25, -0.2) is 0 Å². The Kier molecular flexibility index (Phi) is 5.94. The fraction of sp³-hybridized carbons (Fsp3) is 0.235. The van der Waals surface area contributed by atoms with E-state index in [0.29, 0.717) is 6.42 Å². The molecular weight excluding hydrogens is 262 g/mol. The van der Waals surface area contributed by atoms with Crippen LogP contribution in [0.2, 0.25) is 0 Å². The van der Waals surface area contributed by atoms with Crippen molar-refractivity contribution in [1.29, 1.82) is 0 Å². The smallest absolute Gasteiger partial charge is 0.228 e. The van der Waals surface area contributed by atoms with Crippen LogP contribution >= 0.6 is 0 Å². The minimum atomic E-state index is 0.00537. The van der Waals surface area contributed by atoms with E-state index in [9.17, 15) is 4.79 Å². The zero-order valence-corrected chi connectivity index (χ0v) is 12.2. The fourth-order valence-corrected chi connectivity index (χ4v) is 2.07. The molecule has 0 aliphatic rings. The van der Waals surface area contributed by atoms with Crippen molar-refractivity contribution in [2.45, 2.75) is 12.8 Å². The minimum absolute atomic E-state index is 0.00537. The predicted octanol–water partition coefficient (Wildman–Crippen LogP) is 2.13. The molecule has 0 saturated heterocycles. The largest absolute Gasteiger partial charge is 0.326 e. The number of benzene rings is 2. The van der Waals surface area contributed by atoms with Crippen molar-refractivity contribution in [3.05, 3.63) is 65.7 Å². The summed E-state index contributed by atoms with van der Waals surface area (Å²) in [4.78, 5) is 11.9. The summed E-state index contributed by atoms with van der Waals surface area (Å²) in [5.41, 5.74) is 9.03. The van der Waals surface area contributed by atoms with Gasteiger partial charge in [0.15, 0.2) is 0 Å². The maximum atomic E-state index is 11.9. The van der Waals surface area contributed by atoms with E-state index in [2.05, 4.69) is 16.2 Å². The molecule has 0 bridgehead atoms. The summed E-state index contributed by atoms with van der Waals surface area (Å²) in [6.45, 7) is 0.871. The summed E-state index contributed by atoms with van der Waals surface area (Å²) >= 11 is 0. The van der Waals surface area contributed by atoms with Gasteiger partial charge in [0.05, 0.1) is 6.42 Å². The summed E-state index contributed by atoms with van der Waals surface area (Å²) in [7, 11) is 1.85. The van der Waals surface area contributed by atoms with Gasteiger partial charge in [0.25, 0.3) is 0 Å². The van der Waals surface area contributed by atoms with Crippen LogP contribution in [-0.4, -0.2) is 19.5 Å². The molecule has 4 heteroatoms. The van der Waals surface area contributed by atoms with Crippen molar-refractivity contribution in [2.24, 2.45) is 0 Å². The number of amides is 1. The number of hydrogen-bond acceptors (Lipinski definition) is 3. The van der Waals surface area contributed by atoms with Crippen LogP contribution < -0.4 is 16.2 Å². The number of anilines is 1. The lowest BCUT2D eigenvalue weighted by molar-refractivity contribution is -0.115. The molecule has 0 spiro atoms. The molecule has 110 valence electrons. The van der Waals surface area contributed by atoms with Gasteiger partial charge in [-0.3, -0.25) is 15.6 Å². The molecule has 0 heterocycles. The highest BCUT2D eigenvalue weighted by atomic mass is 16.1. The molecular formula is C17H21N3O. The molecule has 2 rings (SSSR count). The van der Waals surface area contributed by atoms with E-state index in [1.54, 1.807) is 0 Å². The molecule has 2 aromatic carbocycles. The standard InChI is InChI=1S/C17H21N3O/c1-18-19-12-11-14-7-9-16(10-8-14)20-17(21)13-15-5-3-2-4-6-15/h2-10,18-19H,11-13H2,1H3,(H,20,21). The number of rotatable bonds is 7. The quantitative estimate of drug-likeness (QED) is 0.539. The van der Waals surface area contributed by atoms with Gasteiger partial charge < -0.3 is 5.32 Å². The molecule has 0 saturated carbocycles. The van der Waals surface area contributed by atoms with Crippen molar-refractivity contribution in [2.75, 3.05) is 18.9 Å². The number of hydrazine groups is 1. The van der Waals surface area contributed by atoms with Gasteiger partial charge >= 0.3 is 0 Å². The molecule has 0 aromatic heterocycles. The molecule has 3 N–H and O–H groups in total. The lowest BCUT2D eigenvalue weighted by atomic mass is 10.1. The SMILES string of the molecule is CNNCCc1ccc(NC(=O)Cc2ccccc2)cc1. The van der Waals surface area contributed by atoms with Gasteiger partial charge in [0, 0.05) is 12.2 Å². The monoisotopic (exact) mass is 283 g/mol. The number of nitrogens with one attached hydrogen (secondary N) is 3. The molecule has 0 unspecified atom stereocenters. The van der Waals surface area contributed by atoms with Crippen LogP contribution in [0.1, 0.15) is 11.1 Å². The van der Waals surface area contributed by atoms with Crippen LogP contribution in [0, 0.1) is 0 Å². The number of carbonyl (C=O) groups excluding carboxylic acids is 1. The predicted molar refractivity (Wildman–Crippen MR) is 86.0 cm³/mol. The summed E-state index contributed by atoms with van der Waals surface area (Å²) < 4.78 is 0. The molecule has 0 radical (unpaired) electrons. The van der Waals surface area contributed by atoms with Crippen molar-refractivity contribution in [3.8, 4) is 0 Å². The topological polar surface area (TPSA) is 53.2 Å². The van der Waals surface area contributed by atoms with Crippen LogP contribution in [0.5, 0.6) is 0 Å². The average molecular weight is 283 g/mol. The first-order valence-corrected chi connectivity index (χ1v) is 7.10. The van der Waals surface area contributed by atoms with Gasteiger partial charge in [-0.15, -0.1) is 0 Å². The summed E-state index contributed by atoms with van der Waals surface area (Å²) in [5.74, 6) is 0.00537. The third-order valence-corrected chi connectivity index (χ3v) is 3.16. The van der Waals surface area contributed by atoms with Crippen LogP contribution in [0.25, 0.3) is 0 Å². The fourth-order valence-electron chi connectivity index (χ4n) is 2.07. The normalized spacial score (nSPS) is 10.3. The third-order valence-electron chi connectivity index (χ3n) is 3.16. The van der Waals surface area contributed by atoms with Crippen LogP contribution in [0.4, 0.5) is 5.69 Å². The molecule has 21 heavy (non-hydrogen) atoms. The Morgan fingerprint density at radius 2 is 1.67 bits per heavy atom. The van der Waals surface area contributed by atoms with Crippen molar-refractivity contribution in [1.82, 2.24) is 10.9 Å². The maximum absolute atomic E-state index is 11.9. The first-order valence-electron chi connectivity index (χ1n) is 7.10. The second-order valence-corrected chi connectivity index (χ2v) is 4.83. The number of hydrogen-bond donors (Lipinski definition) is 3. The molecule has 0 aliphatic carbocycles. The molecule has 0 fully saturated rings. The zero-order valence-electron chi connectivity index (χ0n) is 12.2.